The number of aryl methyl sites for hydroxylation is 1. The summed E-state index contributed by atoms with van der Waals surface area (Å²) in [6.07, 6.45) is 0. The van der Waals surface area contributed by atoms with E-state index >= 15 is 0 Å². The Labute approximate surface area is 111 Å². The zero-order chi connectivity index (χ0) is 13.1. The van der Waals surface area contributed by atoms with Crippen LogP contribution in [-0.2, 0) is 4.79 Å². The van der Waals surface area contributed by atoms with Gasteiger partial charge in [-0.3, -0.25) is 4.79 Å². The second-order valence-electron chi connectivity index (χ2n) is 4.57. The van der Waals surface area contributed by atoms with Crippen LogP contribution in [0, 0.1) is 12.8 Å². The first-order chi connectivity index (χ1) is 8.60. The van der Waals surface area contributed by atoms with Crippen LogP contribution >= 0.6 is 11.6 Å². The maximum Gasteiger partial charge on any atom is 0.260 e. The number of carbonyl (C=O) groups excluding carboxylic acids is 1. The number of benzene rings is 1. The van der Waals surface area contributed by atoms with Crippen molar-refractivity contribution in [3.63, 3.8) is 0 Å². The van der Waals surface area contributed by atoms with E-state index in [0.29, 0.717) is 23.9 Å². The molecular formula is C13H16ClNO3. The van der Waals surface area contributed by atoms with Gasteiger partial charge in [-0.2, -0.15) is 0 Å². The molecule has 18 heavy (non-hydrogen) atoms. The van der Waals surface area contributed by atoms with Gasteiger partial charge in [-0.05, 0) is 24.6 Å². The lowest BCUT2D eigenvalue weighted by Crippen LogP contribution is -2.52. The normalized spacial score (nSPS) is 15.4. The Hall–Kier alpha value is -1.26. The molecule has 1 saturated heterocycles. The molecule has 1 amide bonds. The lowest BCUT2D eigenvalue weighted by atomic mass is 10.0. The number of carbonyl (C=O) groups is 1. The van der Waals surface area contributed by atoms with E-state index in [2.05, 4.69) is 0 Å². The van der Waals surface area contributed by atoms with E-state index < -0.39 is 0 Å². The first-order valence-electron chi connectivity index (χ1n) is 5.87. The summed E-state index contributed by atoms with van der Waals surface area (Å²) in [5.41, 5.74) is 1.03. The van der Waals surface area contributed by atoms with E-state index in [9.17, 15) is 4.79 Å². The lowest BCUT2D eigenvalue weighted by Gasteiger charge is -2.38. The van der Waals surface area contributed by atoms with Crippen molar-refractivity contribution in [1.29, 1.82) is 0 Å². The van der Waals surface area contributed by atoms with Crippen molar-refractivity contribution in [2.24, 2.45) is 5.92 Å². The third kappa shape index (κ3) is 2.94. The maximum atomic E-state index is 11.7. The van der Waals surface area contributed by atoms with E-state index in [1.165, 1.54) is 0 Å². The predicted octanol–water partition coefficient (Wildman–Crippen LogP) is 1.48. The molecular weight excluding hydrogens is 254 g/mol. The molecule has 1 fully saturated rings. The van der Waals surface area contributed by atoms with E-state index in [-0.39, 0.29) is 25.0 Å². The summed E-state index contributed by atoms with van der Waals surface area (Å²) in [7, 11) is 0. The van der Waals surface area contributed by atoms with Gasteiger partial charge in [0.15, 0.2) is 6.61 Å². The molecule has 0 radical (unpaired) electrons. The highest BCUT2D eigenvalue weighted by Crippen LogP contribution is 2.25. The van der Waals surface area contributed by atoms with Crippen LogP contribution in [0.3, 0.4) is 0 Å². The Bertz CT molecular complexity index is 444. The molecule has 98 valence electrons. The van der Waals surface area contributed by atoms with Crippen LogP contribution in [0.25, 0.3) is 0 Å². The molecule has 4 nitrogen and oxygen atoms in total. The van der Waals surface area contributed by atoms with E-state index in [1.807, 2.05) is 19.1 Å². The summed E-state index contributed by atoms with van der Waals surface area (Å²) >= 11 is 5.97. The van der Waals surface area contributed by atoms with Gasteiger partial charge in [-0.25, -0.2) is 0 Å². The number of aliphatic hydroxyl groups excluding tert-OH is 1. The molecule has 5 heteroatoms. The number of hydrogen-bond acceptors (Lipinski definition) is 3. The maximum absolute atomic E-state index is 11.7. The molecule has 1 aliphatic rings. The van der Waals surface area contributed by atoms with Gasteiger partial charge in [-0.15, -0.1) is 0 Å². The van der Waals surface area contributed by atoms with Gasteiger partial charge in [0.05, 0.1) is 5.02 Å². The molecule has 1 aliphatic heterocycles. The Morgan fingerprint density at radius 1 is 1.56 bits per heavy atom. The molecule has 1 aromatic rings. The number of aliphatic hydroxyl groups is 1. The summed E-state index contributed by atoms with van der Waals surface area (Å²) in [4.78, 5) is 13.4. The smallest absolute Gasteiger partial charge is 0.260 e. The molecule has 1 heterocycles. The predicted molar refractivity (Wildman–Crippen MR) is 68.8 cm³/mol. The highest BCUT2D eigenvalue weighted by Gasteiger charge is 2.29. The zero-order valence-electron chi connectivity index (χ0n) is 10.2. The SMILES string of the molecule is Cc1ccc(Cl)c(OCC(=O)N2CC(CO)C2)c1. The van der Waals surface area contributed by atoms with Crippen molar-refractivity contribution < 1.29 is 14.6 Å². The molecule has 1 aromatic carbocycles. The average molecular weight is 270 g/mol. The Morgan fingerprint density at radius 3 is 2.94 bits per heavy atom. The molecule has 0 aliphatic carbocycles. The van der Waals surface area contributed by atoms with Gasteiger partial charge in [0.25, 0.3) is 5.91 Å². The first-order valence-corrected chi connectivity index (χ1v) is 6.25. The van der Waals surface area contributed by atoms with Crippen LogP contribution < -0.4 is 4.74 Å². The number of likely N-dealkylation sites (tertiary alicyclic amines) is 1. The van der Waals surface area contributed by atoms with Crippen LogP contribution in [0.4, 0.5) is 0 Å². The number of nitrogens with zero attached hydrogens (tertiary/aromatic N) is 1. The van der Waals surface area contributed by atoms with Crippen molar-refractivity contribution in [1.82, 2.24) is 4.90 Å². The quantitative estimate of drug-likeness (QED) is 0.901. The lowest BCUT2D eigenvalue weighted by molar-refractivity contribution is -0.140. The van der Waals surface area contributed by atoms with Crippen LogP contribution in [0.15, 0.2) is 18.2 Å². The first kappa shape index (κ1) is 13.2. The molecule has 0 bridgehead atoms. The van der Waals surface area contributed by atoms with Gasteiger partial charge >= 0.3 is 0 Å². The van der Waals surface area contributed by atoms with Crippen molar-refractivity contribution in [2.75, 3.05) is 26.3 Å². The monoisotopic (exact) mass is 269 g/mol. The van der Waals surface area contributed by atoms with Crippen molar-refractivity contribution in [2.45, 2.75) is 6.92 Å². The number of amides is 1. The van der Waals surface area contributed by atoms with Gasteiger partial charge in [0.2, 0.25) is 0 Å². The standard InChI is InChI=1S/C13H16ClNO3/c1-9-2-3-11(14)12(4-9)18-8-13(17)15-5-10(6-15)7-16/h2-4,10,16H,5-8H2,1H3. The third-order valence-corrected chi connectivity index (χ3v) is 3.32. The molecule has 0 saturated carbocycles. The molecule has 0 unspecified atom stereocenters. The fraction of sp³-hybridized carbons (Fsp3) is 0.462. The van der Waals surface area contributed by atoms with Crippen LogP contribution in [0.5, 0.6) is 5.75 Å². The van der Waals surface area contributed by atoms with Gasteiger partial charge in [0.1, 0.15) is 5.75 Å². The molecule has 0 spiro atoms. The Balaban J connectivity index is 1.84. The number of rotatable bonds is 4. The highest BCUT2D eigenvalue weighted by molar-refractivity contribution is 6.32. The van der Waals surface area contributed by atoms with Crippen molar-refractivity contribution in [3.8, 4) is 5.75 Å². The molecule has 0 aromatic heterocycles. The number of hydrogen-bond donors (Lipinski definition) is 1. The summed E-state index contributed by atoms with van der Waals surface area (Å²) in [5.74, 6) is 0.679. The van der Waals surface area contributed by atoms with E-state index in [1.54, 1.807) is 11.0 Å². The Morgan fingerprint density at radius 2 is 2.28 bits per heavy atom. The van der Waals surface area contributed by atoms with Gasteiger partial charge < -0.3 is 14.7 Å². The molecule has 2 rings (SSSR count). The van der Waals surface area contributed by atoms with Crippen LogP contribution in [-0.4, -0.2) is 42.2 Å². The summed E-state index contributed by atoms with van der Waals surface area (Å²) in [6, 6.07) is 5.45. The molecule has 0 atom stereocenters. The average Bonchev–Trinajstić information content (AvgIpc) is 2.29. The fourth-order valence-electron chi connectivity index (χ4n) is 1.84. The van der Waals surface area contributed by atoms with Gasteiger partial charge in [0, 0.05) is 25.6 Å². The Kier molecular flexibility index (Phi) is 4.09. The van der Waals surface area contributed by atoms with Crippen molar-refractivity contribution in [3.05, 3.63) is 28.8 Å². The van der Waals surface area contributed by atoms with Crippen LogP contribution in [0.2, 0.25) is 5.02 Å². The fourth-order valence-corrected chi connectivity index (χ4v) is 2.01. The summed E-state index contributed by atoms with van der Waals surface area (Å²) in [5, 5.41) is 9.38. The minimum Gasteiger partial charge on any atom is -0.482 e. The minimum absolute atomic E-state index is 0.0126. The molecule has 1 N–H and O–H groups in total. The van der Waals surface area contributed by atoms with E-state index in [0.717, 1.165) is 5.56 Å². The topological polar surface area (TPSA) is 49.8 Å². The zero-order valence-corrected chi connectivity index (χ0v) is 11.0. The van der Waals surface area contributed by atoms with Crippen LogP contribution in [0.1, 0.15) is 5.56 Å². The van der Waals surface area contributed by atoms with Crippen molar-refractivity contribution >= 4 is 17.5 Å². The second-order valence-corrected chi connectivity index (χ2v) is 4.98. The second kappa shape index (κ2) is 5.59. The minimum atomic E-state index is -0.0720. The summed E-state index contributed by atoms with van der Waals surface area (Å²) in [6.45, 7) is 3.28. The number of halogens is 1. The highest BCUT2D eigenvalue weighted by atomic mass is 35.5. The van der Waals surface area contributed by atoms with E-state index in [4.69, 9.17) is 21.4 Å². The summed E-state index contributed by atoms with van der Waals surface area (Å²) < 4.78 is 5.42. The largest absolute Gasteiger partial charge is 0.482 e. The van der Waals surface area contributed by atoms with Gasteiger partial charge in [-0.1, -0.05) is 17.7 Å². The number of ether oxygens (including phenoxy) is 1. The third-order valence-electron chi connectivity index (χ3n) is 3.01.